The van der Waals surface area contributed by atoms with Crippen molar-refractivity contribution in [1.29, 1.82) is 0 Å². The molecule has 4 nitrogen and oxygen atoms in total. The van der Waals surface area contributed by atoms with Gasteiger partial charge in [-0.2, -0.15) is 0 Å². The first-order valence-corrected chi connectivity index (χ1v) is 5.29. The maximum absolute atomic E-state index is 5.82. The van der Waals surface area contributed by atoms with Crippen LogP contribution in [-0.4, -0.2) is 9.97 Å². The molecule has 0 aliphatic rings. The second-order valence-electron chi connectivity index (χ2n) is 3.26. The molecular weight excluding hydrogens is 210 g/mol. The number of aryl methyl sites for hydroxylation is 2. The van der Waals surface area contributed by atoms with Gasteiger partial charge < -0.3 is 10.2 Å². The van der Waals surface area contributed by atoms with Crippen molar-refractivity contribution in [2.75, 3.05) is 5.73 Å². The van der Waals surface area contributed by atoms with Gasteiger partial charge in [-0.15, -0.1) is 0 Å². The Kier molecular flexibility index (Phi) is 2.64. The molecule has 2 heterocycles. The summed E-state index contributed by atoms with van der Waals surface area (Å²) in [5, 5.41) is 1.29. The zero-order valence-corrected chi connectivity index (χ0v) is 9.34. The van der Waals surface area contributed by atoms with Crippen molar-refractivity contribution >= 4 is 17.4 Å². The van der Waals surface area contributed by atoms with Gasteiger partial charge in [-0.25, -0.2) is 9.97 Å². The minimum atomic E-state index is 0.565. The molecule has 2 N–H and O–H groups in total. The van der Waals surface area contributed by atoms with Crippen LogP contribution in [0.4, 0.5) is 5.69 Å². The molecule has 0 atom stereocenters. The lowest BCUT2D eigenvalue weighted by atomic mass is 10.3. The van der Waals surface area contributed by atoms with Crippen LogP contribution >= 0.6 is 11.8 Å². The number of pyridine rings is 1. The largest absolute Gasteiger partial charge is 0.439 e. The van der Waals surface area contributed by atoms with Crippen molar-refractivity contribution < 1.29 is 4.42 Å². The van der Waals surface area contributed by atoms with Gasteiger partial charge in [-0.3, -0.25) is 0 Å². The van der Waals surface area contributed by atoms with E-state index in [2.05, 4.69) is 9.97 Å². The summed E-state index contributed by atoms with van der Waals surface area (Å²) in [7, 11) is 0. The van der Waals surface area contributed by atoms with Crippen LogP contribution in [0.15, 0.2) is 33.2 Å². The Bertz CT molecular complexity index is 481. The average molecular weight is 221 g/mol. The normalized spacial score (nSPS) is 10.5. The average Bonchev–Trinajstić information content (AvgIpc) is 2.56. The summed E-state index contributed by atoms with van der Waals surface area (Å²) in [6.07, 6.45) is 3.38. The number of hydrogen-bond donors (Lipinski definition) is 1. The molecule has 0 aromatic carbocycles. The molecule has 0 fully saturated rings. The molecule has 5 heteroatoms. The molecule has 0 amide bonds. The Labute approximate surface area is 91.9 Å². The maximum atomic E-state index is 5.82. The van der Waals surface area contributed by atoms with Crippen molar-refractivity contribution in [3.63, 3.8) is 0 Å². The number of hydrogen-bond acceptors (Lipinski definition) is 5. The molecule has 0 bridgehead atoms. The fourth-order valence-corrected chi connectivity index (χ4v) is 1.86. The van der Waals surface area contributed by atoms with Gasteiger partial charge in [0.1, 0.15) is 11.3 Å². The van der Waals surface area contributed by atoms with E-state index in [0.29, 0.717) is 10.9 Å². The molecule has 0 aliphatic carbocycles. The second kappa shape index (κ2) is 3.94. The third-order valence-corrected chi connectivity index (χ3v) is 2.69. The van der Waals surface area contributed by atoms with Crippen LogP contribution < -0.4 is 5.73 Å². The van der Waals surface area contributed by atoms with E-state index in [0.717, 1.165) is 16.3 Å². The van der Waals surface area contributed by atoms with Crippen molar-refractivity contribution in [1.82, 2.24) is 9.97 Å². The topological polar surface area (TPSA) is 64.9 Å². The van der Waals surface area contributed by atoms with Crippen LogP contribution in [0.25, 0.3) is 0 Å². The summed E-state index contributed by atoms with van der Waals surface area (Å²) in [6, 6.07) is 1.88. The van der Waals surface area contributed by atoms with E-state index in [1.807, 2.05) is 19.9 Å². The van der Waals surface area contributed by atoms with Crippen LogP contribution in [0.3, 0.4) is 0 Å². The van der Waals surface area contributed by atoms with Gasteiger partial charge in [0.25, 0.3) is 5.22 Å². The predicted octanol–water partition coefficient (Wildman–Crippen LogP) is 2.42. The third-order valence-electron chi connectivity index (χ3n) is 1.80. The summed E-state index contributed by atoms with van der Waals surface area (Å²) in [6.45, 7) is 3.83. The smallest absolute Gasteiger partial charge is 0.262 e. The molecule has 2 rings (SSSR count). The fraction of sp³-hybridized carbons (Fsp3) is 0.200. The van der Waals surface area contributed by atoms with Gasteiger partial charge in [0.05, 0.1) is 11.4 Å². The molecule has 2 aromatic rings. The minimum absolute atomic E-state index is 0.565. The lowest BCUT2D eigenvalue weighted by Gasteiger charge is -2.01. The van der Waals surface area contributed by atoms with E-state index < -0.39 is 0 Å². The Morgan fingerprint density at radius 2 is 2.20 bits per heavy atom. The van der Waals surface area contributed by atoms with Crippen LogP contribution in [-0.2, 0) is 0 Å². The van der Waals surface area contributed by atoms with Gasteiger partial charge in [0, 0.05) is 6.20 Å². The first kappa shape index (κ1) is 10.0. The number of oxazole rings is 1. The van der Waals surface area contributed by atoms with Crippen molar-refractivity contribution in [3.8, 4) is 0 Å². The number of anilines is 1. The maximum Gasteiger partial charge on any atom is 0.262 e. The summed E-state index contributed by atoms with van der Waals surface area (Å²) < 4.78 is 5.21. The predicted molar refractivity (Wildman–Crippen MR) is 58.7 cm³/mol. The zero-order chi connectivity index (χ0) is 10.8. The highest BCUT2D eigenvalue weighted by Gasteiger charge is 2.07. The number of rotatable bonds is 2. The summed E-state index contributed by atoms with van der Waals surface area (Å²) in [5.41, 5.74) is 8.36. The van der Waals surface area contributed by atoms with Crippen LogP contribution in [0.2, 0.25) is 0 Å². The highest BCUT2D eigenvalue weighted by molar-refractivity contribution is 7.99. The van der Waals surface area contributed by atoms with Crippen molar-refractivity contribution in [2.45, 2.75) is 24.1 Å². The molecule has 0 spiro atoms. The van der Waals surface area contributed by atoms with Gasteiger partial charge >= 0.3 is 0 Å². The van der Waals surface area contributed by atoms with Gasteiger partial charge in [-0.1, -0.05) is 0 Å². The lowest BCUT2D eigenvalue weighted by molar-refractivity contribution is 0.454. The van der Waals surface area contributed by atoms with Gasteiger partial charge in [0.2, 0.25) is 0 Å². The number of nitrogens with two attached hydrogens (primary N) is 1. The molecule has 0 saturated carbocycles. The van der Waals surface area contributed by atoms with Gasteiger partial charge in [0.15, 0.2) is 0 Å². The second-order valence-corrected chi connectivity index (χ2v) is 4.20. The van der Waals surface area contributed by atoms with Crippen LogP contribution in [0, 0.1) is 13.8 Å². The van der Waals surface area contributed by atoms with Gasteiger partial charge in [-0.05, 0) is 37.2 Å². The lowest BCUT2D eigenvalue weighted by Crippen LogP contribution is -1.92. The SMILES string of the molecule is Cc1cnc(Sc2nc(C)co2)c(N)c1. The van der Waals surface area contributed by atoms with E-state index >= 15 is 0 Å². The number of nitrogens with zero attached hydrogens (tertiary/aromatic N) is 2. The van der Waals surface area contributed by atoms with E-state index in [-0.39, 0.29) is 0 Å². The quantitative estimate of drug-likeness (QED) is 0.843. The summed E-state index contributed by atoms with van der Waals surface area (Å²) >= 11 is 1.33. The zero-order valence-electron chi connectivity index (χ0n) is 8.52. The van der Waals surface area contributed by atoms with E-state index in [4.69, 9.17) is 10.2 Å². The van der Waals surface area contributed by atoms with Crippen LogP contribution in [0.1, 0.15) is 11.3 Å². The molecule has 78 valence electrons. The first-order chi connectivity index (χ1) is 7.15. The summed E-state index contributed by atoms with van der Waals surface area (Å²) in [4.78, 5) is 8.39. The van der Waals surface area contributed by atoms with E-state index in [9.17, 15) is 0 Å². The fourth-order valence-electron chi connectivity index (χ4n) is 1.13. The molecule has 0 unspecified atom stereocenters. The monoisotopic (exact) mass is 221 g/mol. The number of nitrogen functional groups attached to an aromatic ring is 1. The number of aromatic nitrogens is 2. The molecular formula is C10H11N3OS. The molecule has 0 aliphatic heterocycles. The van der Waals surface area contributed by atoms with Crippen LogP contribution in [0.5, 0.6) is 0 Å². The highest BCUT2D eigenvalue weighted by atomic mass is 32.2. The Morgan fingerprint density at radius 1 is 1.40 bits per heavy atom. The standard InChI is InChI=1S/C10H11N3OS/c1-6-3-8(11)9(12-4-6)15-10-13-7(2)5-14-10/h3-5H,11H2,1-2H3. The molecule has 0 radical (unpaired) electrons. The molecule has 2 aromatic heterocycles. The van der Waals surface area contributed by atoms with Crippen molar-refractivity contribution in [2.24, 2.45) is 0 Å². The van der Waals surface area contributed by atoms with Crippen molar-refractivity contribution in [3.05, 3.63) is 29.8 Å². The Hall–Kier alpha value is -1.49. The third kappa shape index (κ3) is 2.30. The Morgan fingerprint density at radius 3 is 2.80 bits per heavy atom. The van der Waals surface area contributed by atoms with E-state index in [1.54, 1.807) is 12.5 Å². The minimum Gasteiger partial charge on any atom is -0.439 e. The Balaban J connectivity index is 2.24. The molecule has 0 saturated heterocycles. The van der Waals surface area contributed by atoms with E-state index in [1.165, 1.54) is 11.8 Å². The first-order valence-electron chi connectivity index (χ1n) is 4.47. The molecule has 15 heavy (non-hydrogen) atoms. The highest BCUT2D eigenvalue weighted by Crippen LogP contribution is 2.29. The summed E-state index contributed by atoms with van der Waals surface area (Å²) in [5.74, 6) is 0.